The van der Waals surface area contributed by atoms with Crippen molar-refractivity contribution in [2.75, 3.05) is 6.26 Å². The molecule has 1 amide bonds. The van der Waals surface area contributed by atoms with Gasteiger partial charge in [0.05, 0.1) is 6.33 Å². The van der Waals surface area contributed by atoms with Gasteiger partial charge in [0.25, 0.3) is 0 Å². The van der Waals surface area contributed by atoms with Crippen molar-refractivity contribution in [1.82, 2.24) is 15.3 Å². The fourth-order valence-corrected chi connectivity index (χ4v) is 1.71. The zero-order valence-corrected chi connectivity index (χ0v) is 12.2. The quantitative estimate of drug-likeness (QED) is 0.640. The van der Waals surface area contributed by atoms with Crippen LogP contribution in [0.15, 0.2) is 12.5 Å². The number of sulfone groups is 1. The van der Waals surface area contributed by atoms with E-state index in [9.17, 15) is 18.0 Å². The Bertz CT molecular complexity index is 592. The third kappa shape index (κ3) is 3.56. The summed E-state index contributed by atoms with van der Waals surface area (Å²) in [6, 6.07) is -1.23. The number of carboxylic acids is 1. The Hall–Kier alpha value is -1.90. The number of amides is 1. The highest BCUT2D eigenvalue weighted by Gasteiger charge is 2.40. The summed E-state index contributed by atoms with van der Waals surface area (Å²) in [7, 11) is -3.66. The van der Waals surface area contributed by atoms with E-state index in [0.717, 1.165) is 6.26 Å². The molecule has 1 aromatic heterocycles. The minimum Gasteiger partial charge on any atom is -0.480 e. The standard InChI is InChI=1S/C11H17N3O5S/c1-11(2,20(3,18)19)10(17)14-8(9(15)16)4-7-5-12-6-13-7/h5-6,8H,4H2,1-3H3,(H,12,13)(H,14,17)(H,15,16)/t8-/m1/s1. The Morgan fingerprint density at radius 2 is 2.10 bits per heavy atom. The van der Waals surface area contributed by atoms with Crippen LogP contribution < -0.4 is 5.32 Å². The first-order valence-corrected chi connectivity index (χ1v) is 7.65. The number of aromatic amines is 1. The smallest absolute Gasteiger partial charge is 0.326 e. The van der Waals surface area contributed by atoms with Crippen molar-refractivity contribution in [3.8, 4) is 0 Å². The third-order valence-electron chi connectivity index (χ3n) is 3.06. The van der Waals surface area contributed by atoms with E-state index in [2.05, 4.69) is 15.3 Å². The Morgan fingerprint density at radius 3 is 2.50 bits per heavy atom. The molecule has 8 nitrogen and oxygen atoms in total. The van der Waals surface area contributed by atoms with Gasteiger partial charge in [0.1, 0.15) is 10.8 Å². The molecular formula is C11H17N3O5S. The molecule has 0 unspecified atom stereocenters. The molecule has 0 saturated heterocycles. The summed E-state index contributed by atoms with van der Waals surface area (Å²) in [4.78, 5) is 29.6. The maximum atomic E-state index is 12.0. The number of carboxylic acid groups (broad SMARTS) is 1. The monoisotopic (exact) mass is 303 g/mol. The van der Waals surface area contributed by atoms with E-state index in [0.29, 0.717) is 5.69 Å². The number of nitrogens with one attached hydrogen (secondary N) is 2. The first kappa shape index (κ1) is 16.2. The molecule has 9 heteroatoms. The van der Waals surface area contributed by atoms with Gasteiger partial charge < -0.3 is 15.4 Å². The average Bonchev–Trinajstić information content (AvgIpc) is 2.78. The van der Waals surface area contributed by atoms with Crippen molar-refractivity contribution in [3.63, 3.8) is 0 Å². The fourth-order valence-electron chi connectivity index (χ4n) is 1.32. The van der Waals surface area contributed by atoms with E-state index < -0.39 is 32.5 Å². The normalized spacial score (nSPS) is 13.8. The van der Waals surface area contributed by atoms with Crippen LogP contribution in [0, 0.1) is 0 Å². The van der Waals surface area contributed by atoms with Crippen LogP contribution in [0.25, 0.3) is 0 Å². The number of nitrogens with zero attached hydrogens (tertiary/aromatic N) is 1. The topological polar surface area (TPSA) is 129 Å². The number of carbonyl (C=O) groups is 2. The maximum absolute atomic E-state index is 12.0. The highest BCUT2D eigenvalue weighted by atomic mass is 32.2. The molecule has 0 aliphatic rings. The lowest BCUT2D eigenvalue weighted by molar-refractivity contribution is -0.142. The van der Waals surface area contributed by atoms with Crippen molar-refractivity contribution in [2.45, 2.75) is 31.1 Å². The van der Waals surface area contributed by atoms with E-state index in [1.54, 1.807) is 0 Å². The molecule has 0 radical (unpaired) electrons. The second kappa shape index (κ2) is 5.61. The second-order valence-electron chi connectivity index (χ2n) is 4.93. The lowest BCUT2D eigenvalue weighted by atomic mass is 10.1. The Morgan fingerprint density at radius 1 is 1.50 bits per heavy atom. The van der Waals surface area contributed by atoms with Crippen LogP contribution in [-0.2, 0) is 25.8 Å². The molecule has 1 heterocycles. The lowest BCUT2D eigenvalue weighted by Gasteiger charge is -2.24. The molecule has 1 atom stereocenters. The van der Waals surface area contributed by atoms with Crippen LogP contribution in [0.4, 0.5) is 0 Å². The molecule has 20 heavy (non-hydrogen) atoms. The number of carbonyl (C=O) groups excluding carboxylic acids is 1. The zero-order valence-electron chi connectivity index (χ0n) is 11.4. The summed E-state index contributed by atoms with van der Waals surface area (Å²) in [6.45, 7) is 2.46. The minimum absolute atomic E-state index is 0.0130. The number of H-pyrrole nitrogens is 1. The van der Waals surface area contributed by atoms with Crippen molar-refractivity contribution in [3.05, 3.63) is 18.2 Å². The van der Waals surface area contributed by atoms with E-state index in [4.69, 9.17) is 5.11 Å². The van der Waals surface area contributed by atoms with Gasteiger partial charge in [0.15, 0.2) is 9.84 Å². The van der Waals surface area contributed by atoms with Gasteiger partial charge in [-0.3, -0.25) is 4.79 Å². The molecule has 0 aliphatic heterocycles. The van der Waals surface area contributed by atoms with E-state index >= 15 is 0 Å². The molecular weight excluding hydrogens is 286 g/mol. The molecule has 0 aliphatic carbocycles. The molecule has 0 spiro atoms. The first-order valence-electron chi connectivity index (χ1n) is 5.76. The van der Waals surface area contributed by atoms with Gasteiger partial charge in [-0.05, 0) is 13.8 Å². The van der Waals surface area contributed by atoms with Crippen molar-refractivity contribution in [2.24, 2.45) is 0 Å². The summed E-state index contributed by atoms with van der Waals surface area (Å²) in [5.74, 6) is -2.11. The van der Waals surface area contributed by atoms with Crippen molar-refractivity contribution >= 4 is 21.7 Å². The van der Waals surface area contributed by atoms with Gasteiger partial charge in [-0.15, -0.1) is 0 Å². The number of imidazole rings is 1. The van der Waals surface area contributed by atoms with Crippen molar-refractivity contribution < 1.29 is 23.1 Å². The third-order valence-corrected chi connectivity index (χ3v) is 5.10. The van der Waals surface area contributed by atoms with E-state index in [1.165, 1.54) is 26.4 Å². The van der Waals surface area contributed by atoms with Gasteiger partial charge in [-0.2, -0.15) is 0 Å². The number of hydrogen-bond acceptors (Lipinski definition) is 5. The number of aliphatic carboxylic acids is 1. The summed E-state index contributed by atoms with van der Waals surface area (Å²) in [5, 5.41) is 11.3. The molecule has 0 fully saturated rings. The van der Waals surface area contributed by atoms with Gasteiger partial charge in [-0.25, -0.2) is 18.2 Å². The summed E-state index contributed by atoms with van der Waals surface area (Å²) in [6.07, 6.45) is 3.73. The SMILES string of the molecule is CC(C)(C(=O)N[C@H](Cc1cnc[nH]1)C(=O)O)S(C)(=O)=O. The predicted molar refractivity (Wildman–Crippen MR) is 70.8 cm³/mol. The number of hydrogen-bond donors (Lipinski definition) is 3. The van der Waals surface area contributed by atoms with Gasteiger partial charge in [0.2, 0.25) is 5.91 Å². The summed E-state index contributed by atoms with van der Waals surface area (Å²) < 4.78 is 21.4. The highest BCUT2D eigenvalue weighted by Crippen LogP contribution is 2.15. The predicted octanol–water partition coefficient (Wildman–Crippen LogP) is -0.655. The van der Waals surface area contributed by atoms with Gasteiger partial charge in [0, 0.05) is 24.6 Å². The number of rotatable bonds is 6. The van der Waals surface area contributed by atoms with E-state index in [-0.39, 0.29) is 6.42 Å². The zero-order chi connectivity index (χ0) is 15.6. The fraction of sp³-hybridized carbons (Fsp3) is 0.545. The molecule has 3 N–H and O–H groups in total. The second-order valence-corrected chi connectivity index (χ2v) is 7.49. The molecule has 0 saturated carbocycles. The van der Waals surface area contributed by atoms with Gasteiger partial charge >= 0.3 is 5.97 Å². The van der Waals surface area contributed by atoms with Crippen LogP contribution in [-0.4, -0.2) is 52.4 Å². The molecule has 0 bridgehead atoms. The molecule has 112 valence electrons. The van der Waals surface area contributed by atoms with E-state index in [1.807, 2.05) is 0 Å². The van der Waals surface area contributed by atoms with Crippen LogP contribution in [0.3, 0.4) is 0 Å². The molecule has 1 aromatic rings. The van der Waals surface area contributed by atoms with Crippen LogP contribution in [0.2, 0.25) is 0 Å². The Kier molecular flexibility index (Phi) is 4.53. The lowest BCUT2D eigenvalue weighted by Crippen LogP contribution is -2.53. The van der Waals surface area contributed by atoms with Crippen LogP contribution in [0.1, 0.15) is 19.5 Å². The van der Waals surface area contributed by atoms with Crippen LogP contribution >= 0.6 is 0 Å². The molecule has 0 aromatic carbocycles. The Balaban J connectivity index is 2.87. The minimum atomic E-state index is -3.66. The maximum Gasteiger partial charge on any atom is 0.326 e. The Labute approximate surface area is 116 Å². The average molecular weight is 303 g/mol. The summed E-state index contributed by atoms with van der Waals surface area (Å²) >= 11 is 0. The molecule has 1 rings (SSSR count). The number of aromatic nitrogens is 2. The first-order chi connectivity index (χ1) is 9.05. The van der Waals surface area contributed by atoms with Gasteiger partial charge in [-0.1, -0.05) is 0 Å². The van der Waals surface area contributed by atoms with Crippen molar-refractivity contribution in [1.29, 1.82) is 0 Å². The largest absolute Gasteiger partial charge is 0.480 e. The van der Waals surface area contributed by atoms with Crippen LogP contribution in [0.5, 0.6) is 0 Å². The highest BCUT2D eigenvalue weighted by molar-refractivity contribution is 7.92. The summed E-state index contributed by atoms with van der Waals surface area (Å²) in [5.41, 5.74) is 0.523.